The van der Waals surface area contributed by atoms with E-state index in [9.17, 15) is 13.6 Å². The van der Waals surface area contributed by atoms with Gasteiger partial charge in [-0.05, 0) is 25.0 Å². The van der Waals surface area contributed by atoms with Gasteiger partial charge in [-0.3, -0.25) is 9.89 Å². The first kappa shape index (κ1) is 16.4. The highest BCUT2D eigenvalue weighted by Gasteiger charge is 2.25. The van der Waals surface area contributed by atoms with Crippen molar-refractivity contribution in [2.24, 2.45) is 5.73 Å². The predicted molar refractivity (Wildman–Crippen MR) is 83.8 cm³/mol. The number of H-pyrrole nitrogens is 1. The van der Waals surface area contributed by atoms with Crippen molar-refractivity contribution in [1.82, 2.24) is 15.1 Å². The molecule has 3 rings (SSSR count). The van der Waals surface area contributed by atoms with E-state index < -0.39 is 6.61 Å². The Morgan fingerprint density at radius 3 is 2.83 bits per heavy atom. The molecule has 0 unspecified atom stereocenters. The molecule has 2 heterocycles. The fraction of sp³-hybridized carbons (Fsp3) is 0.375. The molecule has 1 amide bonds. The van der Waals surface area contributed by atoms with E-state index in [4.69, 9.17) is 5.73 Å². The van der Waals surface area contributed by atoms with Crippen molar-refractivity contribution in [2.75, 3.05) is 13.1 Å². The zero-order chi connectivity index (χ0) is 17.1. The number of likely N-dealkylation sites (tertiary alicyclic amines) is 1. The van der Waals surface area contributed by atoms with Crippen LogP contribution < -0.4 is 10.5 Å². The molecule has 0 saturated carbocycles. The third-order valence-electron chi connectivity index (χ3n) is 4.04. The zero-order valence-electron chi connectivity index (χ0n) is 12.9. The number of amides is 1. The van der Waals surface area contributed by atoms with Gasteiger partial charge >= 0.3 is 6.61 Å². The molecule has 1 aromatic heterocycles. The Hall–Kier alpha value is -2.48. The van der Waals surface area contributed by atoms with E-state index in [2.05, 4.69) is 14.9 Å². The summed E-state index contributed by atoms with van der Waals surface area (Å²) in [5, 5.41) is 6.70. The number of aromatic nitrogens is 2. The summed E-state index contributed by atoms with van der Waals surface area (Å²) in [5.41, 5.74) is 7.30. The van der Waals surface area contributed by atoms with Crippen LogP contribution in [-0.4, -0.2) is 46.7 Å². The predicted octanol–water partition coefficient (Wildman–Crippen LogP) is 2.24. The average Bonchev–Trinajstić information content (AvgIpc) is 3.04. The molecule has 2 aromatic rings. The average molecular weight is 336 g/mol. The van der Waals surface area contributed by atoms with Gasteiger partial charge in [-0.1, -0.05) is 12.1 Å². The van der Waals surface area contributed by atoms with Crippen molar-refractivity contribution in [3.8, 4) is 17.0 Å². The minimum atomic E-state index is -2.90. The van der Waals surface area contributed by atoms with E-state index in [0.717, 1.165) is 12.8 Å². The molecule has 6 nitrogen and oxygen atoms in total. The number of hydrogen-bond donors (Lipinski definition) is 2. The second-order valence-electron chi connectivity index (χ2n) is 5.69. The summed E-state index contributed by atoms with van der Waals surface area (Å²) in [5.74, 6) is -0.120. The number of nitrogens with one attached hydrogen (secondary N) is 1. The van der Waals surface area contributed by atoms with Gasteiger partial charge in [0.25, 0.3) is 5.91 Å². The quantitative estimate of drug-likeness (QED) is 0.897. The minimum Gasteiger partial charge on any atom is -0.435 e. The molecule has 0 spiro atoms. The number of carbonyl (C=O) groups is 1. The van der Waals surface area contributed by atoms with Crippen LogP contribution >= 0.6 is 0 Å². The van der Waals surface area contributed by atoms with Crippen LogP contribution in [0, 0.1) is 0 Å². The van der Waals surface area contributed by atoms with Gasteiger partial charge in [-0.25, -0.2) is 0 Å². The van der Waals surface area contributed by atoms with Gasteiger partial charge in [0.15, 0.2) is 0 Å². The van der Waals surface area contributed by atoms with E-state index >= 15 is 0 Å². The lowest BCUT2D eigenvalue weighted by molar-refractivity contribution is -0.0498. The summed E-state index contributed by atoms with van der Waals surface area (Å²) in [6.45, 7) is -1.71. The first-order valence-electron chi connectivity index (χ1n) is 7.68. The lowest BCUT2D eigenvalue weighted by Gasteiger charge is -2.30. The highest BCUT2D eigenvalue weighted by molar-refractivity contribution is 5.99. The summed E-state index contributed by atoms with van der Waals surface area (Å²) >= 11 is 0. The van der Waals surface area contributed by atoms with Gasteiger partial charge in [0, 0.05) is 24.7 Å². The lowest BCUT2D eigenvalue weighted by Crippen LogP contribution is -2.42. The molecule has 1 aliphatic rings. The van der Waals surface area contributed by atoms with Crippen molar-refractivity contribution in [3.63, 3.8) is 0 Å². The van der Waals surface area contributed by atoms with Gasteiger partial charge < -0.3 is 15.4 Å². The van der Waals surface area contributed by atoms with Crippen LogP contribution in [0.2, 0.25) is 0 Å². The van der Waals surface area contributed by atoms with Gasteiger partial charge in [-0.15, -0.1) is 0 Å². The van der Waals surface area contributed by atoms with Crippen LogP contribution in [0.5, 0.6) is 5.75 Å². The maximum absolute atomic E-state index is 12.7. The van der Waals surface area contributed by atoms with E-state index in [1.807, 2.05) is 0 Å². The molecule has 1 fully saturated rings. The van der Waals surface area contributed by atoms with Crippen LogP contribution in [0.1, 0.15) is 23.2 Å². The highest BCUT2D eigenvalue weighted by atomic mass is 19.3. The minimum absolute atomic E-state index is 0.0273. The summed E-state index contributed by atoms with van der Waals surface area (Å²) < 4.78 is 29.1. The normalized spacial score (nSPS) is 15.8. The molecule has 24 heavy (non-hydrogen) atoms. The molecule has 1 aromatic carbocycles. The molecule has 8 heteroatoms. The van der Waals surface area contributed by atoms with Crippen LogP contribution in [0.25, 0.3) is 11.3 Å². The van der Waals surface area contributed by atoms with Gasteiger partial charge in [0.1, 0.15) is 5.75 Å². The van der Waals surface area contributed by atoms with Crippen molar-refractivity contribution < 1.29 is 18.3 Å². The fourth-order valence-electron chi connectivity index (χ4n) is 2.77. The fourth-order valence-corrected chi connectivity index (χ4v) is 2.77. The number of benzene rings is 1. The Balaban J connectivity index is 1.84. The Morgan fingerprint density at radius 2 is 2.12 bits per heavy atom. The number of aromatic amines is 1. The van der Waals surface area contributed by atoms with E-state index in [0.29, 0.717) is 29.9 Å². The molecule has 3 N–H and O–H groups in total. The lowest BCUT2D eigenvalue weighted by atomic mass is 10.0. The van der Waals surface area contributed by atoms with Crippen LogP contribution in [0.4, 0.5) is 8.78 Å². The van der Waals surface area contributed by atoms with Gasteiger partial charge in [-0.2, -0.15) is 13.9 Å². The largest absolute Gasteiger partial charge is 0.435 e. The standard InChI is InChI=1S/C16H18F2N4O2/c17-16(18)24-12-3-1-2-10(8-12)14-13(9-20-21-14)15(23)22-6-4-11(19)5-7-22/h1-3,8-9,11,16H,4-7,19H2,(H,20,21). The molecular weight excluding hydrogens is 318 g/mol. The maximum atomic E-state index is 12.7. The van der Waals surface area contributed by atoms with Crippen LogP contribution in [-0.2, 0) is 0 Å². The molecule has 0 radical (unpaired) electrons. The Labute approximate surface area is 137 Å². The molecule has 128 valence electrons. The second-order valence-corrected chi connectivity index (χ2v) is 5.69. The summed E-state index contributed by atoms with van der Waals surface area (Å²) in [4.78, 5) is 14.4. The molecule has 1 saturated heterocycles. The molecule has 0 aliphatic carbocycles. The number of carbonyl (C=O) groups excluding carboxylic acids is 1. The molecule has 1 aliphatic heterocycles. The second kappa shape index (κ2) is 6.96. The van der Waals surface area contributed by atoms with E-state index in [1.165, 1.54) is 18.3 Å². The first-order chi connectivity index (χ1) is 11.5. The Kier molecular flexibility index (Phi) is 4.75. The Bertz CT molecular complexity index is 712. The smallest absolute Gasteiger partial charge is 0.387 e. The van der Waals surface area contributed by atoms with E-state index in [-0.39, 0.29) is 17.7 Å². The number of hydrogen-bond acceptors (Lipinski definition) is 4. The third-order valence-corrected chi connectivity index (χ3v) is 4.04. The number of rotatable bonds is 4. The highest BCUT2D eigenvalue weighted by Crippen LogP contribution is 2.27. The molecule has 0 atom stereocenters. The number of alkyl halides is 2. The number of piperidine rings is 1. The first-order valence-corrected chi connectivity index (χ1v) is 7.68. The number of halogens is 2. The SMILES string of the molecule is NC1CCN(C(=O)c2cn[nH]c2-c2cccc(OC(F)F)c2)CC1. The van der Waals surface area contributed by atoms with Gasteiger partial charge in [0.05, 0.1) is 17.5 Å². The molecular formula is C16H18F2N4O2. The van der Waals surface area contributed by atoms with Crippen molar-refractivity contribution in [1.29, 1.82) is 0 Å². The topological polar surface area (TPSA) is 84.2 Å². The zero-order valence-corrected chi connectivity index (χ0v) is 12.9. The third kappa shape index (κ3) is 3.53. The number of nitrogens with zero attached hydrogens (tertiary/aromatic N) is 2. The van der Waals surface area contributed by atoms with E-state index in [1.54, 1.807) is 17.0 Å². The summed E-state index contributed by atoms with van der Waals surface area (Å²) in [6, 6.07) is 6.29. The van der Waals surface area contributed by atoms with Crippen molar-refractivity contribution in [3.05, 3.63) is 36.0 Å². The number of ether oxygens (including phenoxy) is 1. The van der Waals surface area contributed by atoms with Crippen molar-refractivity contribution in [2.45, 2.75) is 25.5 Å². The van der Waals surface area contributed by atoms with Crippen LogP contribution in [0.3, 0.4) is 0 Å². The summed E-state index contributed by atoms with van der Waals surface area (Å²) in [6.07, 6.45) is 2.97. The van der Waals surface area contributed by atoms with Crippen molar-refractivity contribution >= 4 is 5.91 Å². The molecule has 0 bridgehead atoms. The summed E-state index contributed by atoms with van der Waals surface area (Å²) in [7, 11) is 0. The Morgan fingerprint density at radius 1 is 1.38 bits per heavy atom. The van der Waals surface area contributed by atoms with Gasteiger partial charge in [0.2, 0.25) is 0 Å². The maximum Gasteiger partial charge on any atom is 0.387 e. The van der Waals surface area contributed by atoms with Crippen LogP contribution in [0.15, 0.2) is 30.5 Å². The number of nitrogens with two attached hydrogens (primary N) is 1. The monoisotopic (exact) mass is 336 g/mol.